The van der Waals surface area contributed by atoms with Crippen molar-refractivity contribution >= 4 is 38.1 Å². The molecule has 0 bridgehead atoms. The number of hydrogen-bond donors (Lipinski definition) is 0. The van der Waals surface area contributed by atoms with Gasteiger partial charge >= 0.3 is 5.97 Å². The topological polar surface area (TPSA) is 105 Å². The Balaban J connectivity index is 1.75. The number of carbonyl (C=O) groups is 1. The van der Waals surface area contributed by atoms with E-state index in [0.717, 1.165) is 12.8 Å². The van der Waals surface area contributed by atoms with Crippen molar-refractivity contribution in [3.63, 3.8) is 0 Å². The molecule has 0 N–H and O–H groups in total. The zero-order valence-electron chi connectivity index (χ0n) is 17.6. The van der Waals surface area contributed by atoms with Crippen LogP contribution in [0.2, 0.25) is 0 Å². The molecule has 1 aromatic carbocycles. The van der Waals surface area contributed by atoms with Gasteiger partial charge in [-0.3, -0.25) is 9.36 Å². The number of benzene rings is 1. The number of carbonyl (C=O) groups excluding carboxylic acids is 1. The molecule has 3 aromatic heterocycles. The summed E-state index contributed by atoms with van der Waals surface area (Å²) in [5.41, 5.74) is 1.59. The van der Waals surface area contributed by atoms with E-state index in [2.05, 4.69) is 9.97 Å². The minimum Gasteiger partial charge on any atom is -0.455 e. The summed E-state index contributed by atoms with van der Waals surface area (Å²) in [5, 5.41) is 0.631. The molecule has 9 nitrogen and oxygen atoms in total. The molecule has 1 aliphatic heterocycles. The molecule has 0 saturated carbocycles. The lowest BCUT2D eigenvalue weighted by Crippen LogP contribution is -2.16. The third-order valence-electron chi connectivity index (χ3n) is 5.56. The first-order valence-corrected chi connectivity index (χ1v) is 11.8. The van der Waals surface area contributed by atoms with Gasteiger partial charge in [0, 0.05) is 25.1 Å². The molecule has 0 aliphatic carbocycles. The quantitative estimate of drug-likeness (QED) is 0.425. The van der Waals surface area contributed by atoms with Gasteiger partial charge < -0.3 is 9.47 Å². The monoisotopic (exact) mass is 454 g/mol. The van der Waals surface area contributed by atoms with Crippen LogP contribution in [0.5, 0.6) is 0 Å². The summed E-state index contributed by atoms with van der Waals surface area (Å²) < 4.78 is 40.9. The summed E-state index contributed by atoms with van der Waals surface area (Å²) in [4.78, 5) is 20.8. The Labute approximate surface area is 184 Å². The van der Waals surface area contributed by atoms with Crippen molar-refractivity contribution in [2.75, 3.05) is 6.61 Å². The largest absolute Gasteiger partial charge is 0.455 e. The Morgan fingerprint density at radius 3 is 2.72 bits per heavy atom. The second-order valence-electron chi connectivity index (χ2n) is 7.72. The third kappa shape index (κ3) is 3.26. The minimum atomic E-state index is -3.82. The molecule has 1 fully saturated rings. The number of fused-ring (bicyclic) bond motifs is 3. The zero-order chi connectivity index (χ0) is 22.5. The maximum Gasteiger partial charge on any atom is 0.303 e. The molecule has 5 rings (SSSR count). The van der Waals surface area contributed by atoms with E-state index >= 15 is 0 Å². The van der Waals surface area contributed by atoms with E-state index in [0.29, 0.717) is 34.5 Å². The molecule has 166 valence electrons. The summed E-state index contributed by atoms with van der Waals surface area (Å²) in [5.74, 6) is 0.127. The van der Waals surface area contributed by atoms with Crippen molar-refractivity contribution in [1.29, 1.82) is 0 Å². The number of hydrogen-bond acceptors (Lipinski definition) is 7. The summed E-state index contributed by atoms with van der Waals surface area (Å²) in [6.07, 6.45) is 3.83. The number of ether oxygens (including phenoxy) is 2. The number of esters is 1. The molecule has 1 aliphatic rings. The fraction of sp³-hybridized carbons (Fsp3) is 0.318. The van der Waals surface area contributed by atoms with Gasteiger partial charge in [0.25, 0.3) is 10.0 Å². The molecule has 0 radical (unpaired) electrons. The zero-order valence-corrected chi connectivity index (χ0v) is 18.4. The highest BCUT2D eigenvalue weighted by Gasteiger charge is 2.29. The van der Waals surface area contributed by atoms with Gasteiger partial charge in [0.1, 0.15) is 11.7 Å². The lowest BCUT2D eigenvalue weighted by molar-refractivity contribution is -0.146. The number of nitrogens with zero attached hydrogens (tertiary/aromatic N) is 4. The molecule has 4 aromatic rings. The number of pyridine rings is 1. The van der Waals surface area contributed by atoms with Gasteiger partial charge in [-0.1, -0.05) is 18.2 Å². The van der Waals surface area contributed by atoms with Gasteiger partial charge in [-0.25, -0.2) is 22.4 Å². The van der Waals surface area contributed by atoms with Gasteiger partial charge in [-0.2, -0.15) is 0 Å². The van der Waals surface area contributed by atoms with E-state index < -0.39 is 22.1 Å². The van der Waals surface area contributed by atoms with Crippen LogP contribution in [-0.2, 0) is 24.3 Å². The average Bonchev–Trinajstić information content (AvgIpc) is 3.50. The SMILES string of the molecule is CC(=O)OC(C)c1nc2cnc3c(ccn3S(=O)(=O)c3ccccc3)c2n1[C@H]1CCCO1. The Morgan fingerprint density at radius 2 is 2.03 bits per heavy atom. The molecule has 32 heavy (non-hydrogen) atoms. The first kappa shape index (κ1) is 20.7. The summed E-state index contributed by atoms with van der Waals surface area (Å²) in [7, 11) is -3.82. The Bertz CT molecular complexity index is 1420. The van der Waals surface area contributed by atoms with Crippen LogP contribution in [-0.4, -0.2) is 39.5 Å². The van der Waals surface area contributed by atoms with E-state index in [1.165, 1.54) is 17.1 Å². The maximum atomic E-state index is 13.2. The Hall–Kier alpha value is -3.24. The van der Waals surface area contributed by atoms with Gasteiger partial charge in [0.15, 0.2) is 17.6 Å². The van der Waals surface area contributed by atoms with E-state index in [1.54, 1.807) is 49.5 Å². The predicted octanol–water partition coefficient (Wildman–Crippen LogP) is 3.56. The van der Waals surface area contributed by atoms with Gasteiger partial charge in [-0.15, -0.1) is 0 Å². The van der Waals surface area contributed by atoms with Crippen LogP contribution < -0.4 is 0 Å². The number of aromatic nitrogens is 4. The molecule has 0 amide bonds. The van der Waals surface area contributed by atoms with Crippen LogP contribution in [0.25, 0.3) is 22.1 Å². The summed E-state index contributed by atoms with van der Waals surface area (Å²) >= 11 is 0. The standard InChI is InChI=1S/C22H22N4O5S/c1-14(31-15(2)27)21-24-18-13-23-22-17(20(18)26(21)19-9-6-12-30-19)10-11-25(22)32(28,29)16-7-4-3-5-8-16/h3-5,7-8,10-11,13-14,19H,6,9,12H2,1-2H3/t14?,19-/m1/s1. The molecule has 1 unspecified atom stereocenters. The Kier molecular flexibility index (Phi) is 4.98. The van der Waals surface area contributed by atoms with Crippen LogP contribution in [0.15, 0.2) is 53.7 Å². The van der Waals surface area contributed by atoms with Gasteiger partial charge in [-0.05, 0) is 38.0 Å². The summed E-state index contributed by atoms with van der Waals surface area (Å²) in [6, 6.07) is 9.95. The van der Waals surface area contributed by atoms with Gasteiger partial charge in [0.2, 0.25) is 0 Å². The highest BCUT2D eigenvalue weighted by atomic mass is 32.2. The lowest BCUT2D eigenvalue weighted by atomic mass is 10.2. The predicted molar refractivity (Wildman–Crippen MR) is 116 cm³/mol. The lowest BCUT2D eigenvalue weighted by Gasteiger charge is -2.19. The van der Waals surface area contributed by atoms with Crippen molar-refractivity contribution in [3.05, 3.63) is 54.6 Å². The Morgan fingerprint density at radius 1 is 1.25 bits per heavy atom. The van der Waals surface area contributed by atoms with Crippen molar-refractivity contribution in [1.82, 2.24) is 18.5 Å². The minimum absolute atomic E-state index is 0.177. The van der Waals surface area contributed by atoms with Crippen LogP contribution in [0.3, 0.4) is 0 Å². The second kappa shape index (κ2) is 7.72. The van der Waals surface area contributed by atoms with Crippen LogP contribution >= 0.6 is 0 Å². The summed E-state index contributed by atoms with van der Waals surface area (Å²) in [6.45, 7) is 3.72. The smallest absolute Gasteiger partial charge is 0.303 e. The van der Waals surface area contributed by atoms with Crippen molar-refractivity contribution in [3.8, 4) is 0 Å². The number of rotatable bonds is 5. The molecular formula is C22H22N4O5S. The van der Waals surface area contributed by atoms with E-state index in [-0.39, 0.29) is 11.1 Å². The van der Waals surface area contributed by atoms with E-state index in [9.17, 15) is 13.2 Å². The van der Waals surface area contributed by atoms with Gasteiger partial charge in [0.05, 0.1) is 16.6 Å². The van der Waals surface area contributed by atoms with E-state index in [4.69, 9.17) is 9.47 Å². The van der Waals surface area contributed by atoms with Crippen LogP contribution in [0, 0.1) is 0 Å². The first-order chi connectivity index (χ1) is 15.4. The normalized spacial score (nSPS) is 17.8. The highest BCUT2D eigenvalue weighted by Crippen LogP contribution is 2.36. The second-order valence-corrected chi connectivity index (χ2v) is 9.53. The average molecular weight is 455 g/mol. The van der Waals surface area contributed by atoms with Crippen molar-refractivity contribution < 1.29 is 22.7 Å². The molecule has 10 heteroatoms. The first-order valence-electron chi connectivity index (χ1n) is 10.4. The third-order valence-corrected chi connectivity index (χ3v) is 7.24. The van der Waals surface area contributed by atoms with E-state index in [1.807, 2.05) is 4.57 Å². The fourth-order valence-electron chi connectivity index (χ4n) is 4.21. The molecule has 4 heterocycles. The van der Waals surface area contributed by atoms with Crippen LogP contribution in [0.4, 0.5) is 0 Å². The molecule has 2 atom stereocenters. The van der Waals surface area contributed by atoms with Crippen LogP contribution in [0.1, 0.15) is 44.8 Å². The number of imidazole rings is 1. The molecule has 1 saturated heterocycles. The molecule has 0 spiro atoms. The maximum absolute atomic E-state index is 13.2. The fourth-order valence-corrected chi connectivity index (χ4v) is 5.53. The highest BCUT2D eigenvalue weighted by molar-refractivity contribution is 7.90. The van der Waals surface area contributed by atoms with Crippen molar-refractivity contribution in [2.24, 2.45) is 0 Å². The van der Waals surface area contributed by atoms with Crippen molar-refractivity contribution in [2.45, 2.75) is 43.9 Å². The molecular weight excluding hydrogens is 432 g/mol.